The monoisotopic (exact) mass is 541 g/mol. The quantitative estimate of drug-likeness (QED) is 0.386. The fourth-order valence-electron chi connectivity index (χ4n) is 4.66. The summed E-state index contributed by atoms with van der Waals surface area (Å²) in [5, 5.41) is 7.58. The number of nitrogens with one attached hydrogen (secondary N) is 2. The Morgan fingerprint density at radius 3 is 2.67 bits per heavy atom. The predicted molar refractivity (Wildman–Crippen MR) is 139 cm³/mol. The van der Waals surface area contributed by atoms with Crippen LogP contribution in [0.1, 0.15) is 24.1 Å². The topological polar surface area (TPSA) is 53.6 Å². The third-order valence-corrected chi connectivity index (χ3v) is 7.16. The van der Waals surface area contributed by atoms with E-state index in [9.17, 15) is 4.79 Å². The van der Waals surface area contributed by atoms with Gasteiger partial charge in [0.1, 0.15) is 11.7 Å². The van der Waals surface area contributed by atoms with E-state index in [0.29, 0.717) is 21.6 Å². The number of amides is 1. The zero-order chi connectivity index (χ0) is 23.3. The maximum atomic E-state index is 13.8. The minimum atomic E-state index is -1.06. The molecule has 0 unspecified atom stereocenters. The lowest BCUT2D eigenvalue weighted by Gasteiger charge is -2.56. The smallest absolute Gasteiger partial charge is 0.236 e. The van der Waals surface area contributed by atoms with E-state index in [1.807, 2.05) is 61.2 Å². The molecule has 2 N–H and O–H groups in total. The third kappa shape index (κ3) is 3.88. The minimum absolute atomic E-state index is 0.178. The van der Waals surface area contributed by atoms with Crippen molar-refractivity contribution in [2.24, 2.45) is 5.92 Å². The van der Waals surface area contributed by atoms with Gasteiger partial charge < -0.3 is 15.4 Å². The number of hydrogen-bond donors (Lipinski definition) is 2. The largest absolute Gasteiger partial charge is 0.467 e. The number of fused-ring (bicyclic) bond motifs is 4. The third-order valence-electron chi connectivity index (χ3n) is 6.11. The van der Waals surface area contributed by atoms with E-state index in [1.165, 1.54) is 0 Å². The molecule has 3 aromatic carbocycles. The number of ether oxygens (including phenoxy) is 1. The summed E-state index contributed by atoms with van der Waals surface area (Å²) in [6.45, 7) is 3.95. The Balaban J connectivity index is 1.63. The second-order valence-electron chi connectivity index (χ2n) is 8.41. The number of hydrogen-bond acceptors (Lipinski definition) is 3. The molecule has 0 radical (unpaired) electrons. The van der Waals surface area contributed by atoms with Gasteiger partial charge >= 0.3 is 0 Å². The highest BCUT2D eigenvalue weighted by molar-refractivity contribution is 9.10. The number of benzene rings is 3. The first-order valence-corrected chi connectivity index (χ1v) is 12.1. The Morgan fingerprint density at radius 2 is 1.94 bits per heavy atom. The van der Waals surface area contributed by atoms with Crippen molar-refractivity contribution in [2.45, 2.75) is 25.6 Å². The molecule has 0 spiro atoms. The molecule has 2 aliphatic heterocycles. The van der Waals surface area contributed by atoms with Crippen LogP contribution in [0.5, 0.6) is 5.75 Å². The maximum absolute atomic E-state index is 13.8. The molecule has 0 aromatic heterocycles. The minimum Gasteiger partial charge on any atom is -0.467 e. The first-order chi connectivity index (χ1) is 15.8. The molecule has 2 aliphatic rings. The zero-order valence-corrected chi connectivity index (χ0v) is 21.1. The van der Waals surface area contributed by atoms with E-state index in [2.05, 4.69) is 26.6 Å². The Hall–Kier alpha value is -2.61. The molecule has 33 heavy (non-hydrogen) atoms. The second-order valence-corrected chi connectivity index (χ2v) is 10.2. The number of carbonyl (C=O) groups excluding carboxylic acids is 1. The molecular weight excluding hydrogens is 522 g/mol. The molecule has 3 atom stereocenters. The van der Waals surface area contributed by atoms with Crippen LogP contribution in [0.2, 0.25) is 5.02 Å². The van der Waals surface area contributed by atoms with Crippen LogP contribution in [0.4, 0.5) is 11.4 Å². The van der Waals surface area contributed by atoms with E-state index in [1.54, 1.807) is 24.3 Å². The summed E-state index contributed by atoms with van der Waals surface area (Å²) in [6.07, 6.45) is 0. The number of aryl methyl sites for hydroxylation is 1. The van der Waals surface area contributed by atoms with Crippen molar-refractivity contribution in [3.8, 4) is 5.75 Å². The van der Waals surface area contributed by atoms with Gasteiger partial charge in [0.25, 0.3) is 0 Å². The Bertz CT molecular complexity index is 1270. The number of carbonyl (C=O) groups is 1. The lowest BCUT2D eigenvalue weighted by atomic mass is 9.78. The number of nitrogens with zero attached hydrogens (tertiary/aromatic N) is 1. The van der Waals surface area contributed by atoms with Gasteiger partial charge in [-0.3, -0.25) is 9.69 Å². The Kier molecular flexibility index (Phi) is 5.59. The SMILES string of the molecule is Cc1cccc(N2C(=S)N[C@H]3c4cc(Br)ccc4O[C@@]2(C)[C@@H]3C(=O)Nc2ccc(Cl)cc2)c1. The van der Waals surface area contributed by atoms with Crippen LogP contribution in [0.3, 0.4) is 0 Å². The van der Waals surface area contributed by atoms with Crippen LogP contribution in [0.25, 0.3) is 0 Å². The number of anilines is 2. The van der Waals surface area contributed by atoms with E-state index >= 15 is 0 Å². The fourth-order valence-corrected chi connectivity index (χ4v) is 5.58. The summed E-state index contributed by atoms with van der Waals surface area (Å²) in [4.78, 5) is 15.7. The van der Waals surface area contributed by atoms with Crippen molar-refractivity contribution in [2.75, 3.05) is 10.2 Å². The van der Waals surface area contributed by atoms with Crippen molar-refractivity contribution in [1.29, 1.82) is 0 Å². The van der Waals surface area contributed by atoms with Crippen LogP contribution in [-0.2, 0) is 4.79 Å². The molecule has 2 heterocycles. The van der Waals surface area contributed by atoms with Crippen molar-refractivity contribution in [3.63, 3.8) is 0 Å². The summed E-state index contributed by atoms with van der Waals surface area (Å²) in [5.41, 5.74) is 2.43. The highest BCUT2D eigenvalue weighted by Gasteiger charge is 2.59. The molecule has 2 bridgehead atoms. The summed E-state index contributed by atoms with van der Waals surface area (Å²) in [7, 11) is 0. The van der Waals surface area contributed by atoms with Crippen molar-refractivity contribution >= 4 is 62.1 Å². The van der Waals surface area contributed by atoms with Gasteiger partial charge in [-0.2, -0.15) is 0 Å². The van der Waals surface area contributed by atoms with E-state index in [-0.39, 0.29) is 11.9 Å². The lowest BCUT2D eigenvalue weighted by molar-refractivity contribution is -0.130. The highest BCUT2D eigenvalue weighted by atomic mass is 79.9. The van der Waals surface area contributed by atoms with Gasteiger partial charge in [-0.15, -0.1) is 0 Å². The molecule has 0 aliphatic carbocycles. The van der Waals surface area contributed by atoms with Gasteiger partial charge in [-0.1, -0.05) is 39.7 Å². The van der Waals surface area contributed by atoms with E-state index in [0.717, 1.165) is 21.3 Å². The first kappa shape index (κ1) is 22.2. The zero-order valence-electron chi connectivity index (χ0n) is 17.9. The summed E-state index contributed by atoms with van der Waals surface area (Å²) in [6, 6.07) is 20.5. The molecular formula is C25H21BrClN3O2S. The van der Waals surface area contributed by atoms with Crippen LogP contribution >= 0.6 is 39.7 Å². The summed E-state index contributed by atoms with van der Waals surface area (Å²) < 4.78 is 7.51. The highest BCUT2D eigenvalue weighted by Crippen LogP contribution is 2.50. The lowest BCUT2D eigenvalue weighted by Crippen LogP contribution is -2.72. The molecule has 8 heteroatoms. The summed E-state index contributed by atoms with van der Waals surface area (Å²) in [5.74, 6) is -0.0702. The van der Waals surface area contributed by atoms with Gasteiger partial charge in [-0.25, -0.2) is 0 Å². The average molecular weight is 543 g/mol. The standard InChI is InChI=1S/C25H21BrClN3O2S/c1-14-4-3-5-18(12-14)30-24(33)29-22-19-13-15(26)6-11-20(19)32-25(30,2)21(22)23(31)28-17-9-7-16(27)8-10-17/h3-13,21-22H,1-2H3,(H,28,31)(H,29,33)/t21-,22-,25-/m0/s1. The first-order valence-electron chi connectivity index (χ1n) is 10.5. The molecule has 1 saturated heterocycles. The van der Waals surface area contributed by atoms with Crippen LogP contribution in [-0.4, -0.2) is 16.7 Å². The number of halogens is 2. The van der Waals surface area contributed by atoms with E-state index < -0.39 is 11.6 Å². The van der Waals surface area contributed by atoms with Crippen molar-refractivity contribution in [1.82, 2.24) is 5.32 Å². The molecule has 5 nitrogen and oxygen atoms in total. The van der Waals surface area contributed by atoms with Gasteiger partial charge in [-0.05, 0) is 86.2 Å². The fraction of sp³-hybridized carbons (Fsp3) is 0.200. The van der Waals surface area contributed by atoms with Crippen molar-refractivity contribution < 1.29 is 9.53 Å². The molecule has 1 amide bonds. The predicted octanol–water partition coefficient (Wildman–Crippen LogP) is 6.21. The molecule has 5 rings (SSSR count). The Labute approximate surface area is 211 Å². The van der Waals surface area contributed by atoms with Gasteiger partial charge in [0.2, 0.25) is 5.91 Å². The van der Waals surface area contributed by atoms with E-state index in [4.69, 9.17) is 28.6 Å². The molecule has 0 saturated carbocycles. The number of thiocarbonyl (C=S) groups is 1. The summed E-state index contributed by atoms with van der Waals surface area (Å²) >= 11 is 15.4. The number of rotatable bonds is 3. The molecule has 1 fully saturated rings. The van der Waals surface area contributed by atoms with Gasteiger partial charge in [0, 0.05) is 26.4 Å². The van der Waals surface area contributed by atoms with Crippen LogP contribution in [0, 0.1) is 12.8 Å². The Morgan fingerprint density at radius 1 is 1.18 bits per heavy atom. The van der Waals surface area contributed by atoms with Crippen molar-refractivity contribution in [3.05, 3.63) is 87.4 Å². The maximum Gasteiger partial charge on any atom is 0.236 e. The average Bonchev–Trinajstić information content (AvgIpc) is 2.75. The second kappa shape index (κ2) is 8.31. The van der Waals surface area contributed by atoms with Crippen LogP contribution in [0.15, 0.2) is 71.2 Å². The normalized spacial score (nSPS) is 23.3. The van der Waals surface area contributed by atoms with Gasteiger partial charge in [0.05, 0.1) is 6.04 Å². The van der Waals surface area contributed by atoms with Crippen LogP contribution < -0.4 is 20.3 Å². The van der Waals surface area contributed by atoms with Gasteiger partial charge in [0.15, 0.2) is 10.8 Å². The molecule has 168 valence electrons. The molecule has 3 aromatic rings.